The van der Waals surface area contributed by atoms with E-state index in [1.165, 1.54) is 11.6 Å². The van der Waals surface area contributed by atoms with Crippen LogP contribution < -0.4 is 20.5 Å². The van der Waals surface area contributed by atoms with Crippen molar-refractivity contribution in [1.82, 2.24) is 24.8 Å². The van der Waals surface area contributed by atoms with Gasteiger partial charge >= 0.3 is 6.18 Å². The Kier molecular flexibility index (Phi) is 7.81. The quantitative estimate of drug-likeness (QED) is 0.274. The first-order valence-corrected chi connectivity index (χ1v) is 14.4. The molecule has 9 nitrogen and oxygen atoms in total. The lowest BCUT2D eigenvalue weighted by Gasteiger charge is -2.43. The molecule has 1 amide bonds. The van der Waals surface area contributed by atoms with Crippen LogP contribution >= 0.6 is 23.2 Å². The van der Waals surface area contributed by atoms with Gasteiger partial charge in [0.05, 0.1) is 17.1 Å². The number of carbonyl (C=O) groups is 1. The van der Waals surface area contributed by atoms with Gasteiger partial charge in [-0.3, -0.25) is 9.69 Å². The minimum Gasteiger partial charge on any atom is -0.366 e. The number of hydrogen-bond donors (Lipinski definition) is 3. The number of carbonyl (C=O) groups excluding carboxylic acids is 1. The molecule has 0 aliphatic carbocycles. The maximum Gasteiger partial charge on any atom is 0.434 e. The highest BCUT2D eigenvalue weighted by Crippen LogP contribution is 2.37. The second kappa shape index (κ2) is 11.4. The number of aromatic nitrogens is 4. The molecule has 2 unspecified atom stereocenters. The van der Waals surface area contributed by atoms with E-state index in [1.54, 1.807) is 16.8 Å². The second-order valence-corrected chi connectivity index (χ2v) is 11.6. The number of hydrogen-bond acceptors (Lipinski definition) is 5. The van der Waals surface area contributed by atoms with E-state index in [-0.39, 0.29) is 24.4 Å². The summed E-state index contributed by atoms with van der Waals surface area (Å²) in [5, 5.41) is 4.73. The summed E-state index contributed by atoms with van der Waals surface area (Å²) in [5.41, 5.74) is 7.59. The summed E-state index contributed by atoms with van der Waals surface area (Å²) in [4.78, 5) is 23.3. The number of nitrogens with one attached hydrogen (secondary N) is 2. The van der Waals surface area contributed by atoms with Crippen molar-refractivity contribution < 1.29 is 22.5 Å². The summed E-state index contributed by atoms with van der Waals surface area (Å²) in [6.07, 6.45) is 1.70. The fourth-order valence-corrected chi connectivity index (χ4v) is 6.51. The van der Waals surface area contributed by atoms with Crippen LogP contribution in [0.2, 0.25) is 10.0 Å². The largest absolute Gasteiger partial charge is 0.434 e. The summed E-state index contributed by atoms with van der Waals surface area (Å²) in [6, 6.07) is 8.42. The Balaban J connectivity index is 1.33. The lowest BCUT2D eigenvalue weighted by Crippen LogP contribution is -2.58. The summed E-state index contributed by atoms with van der Waals surface area (Å²) < 4.78 is 44.6. The number of alkyl halides is 3. The number of rotatable bonds is 7. The van der Waals surface area contributed by atoms with Gasteiger partial charge in [0.1, 0.15) is 24.8 Å². The molecule has 3 aromatic heterocycles. The predicted octanol–water partition coefficient (Wildman–Crippen LogP) is 3.54. The van der Waals surface area contributed by atoms with Crippen LogP contribution in [0.3, 0.4) is 0 Å². The van der Waals surface area contributed by atoms with Gasteiger partial charge in [-0.05, 0) is 42.3 Å². The Bertz CT molecular complexity index is 1620. The molecule has 5 heterocycles. The number of H-pyrrole nitrogens is 1. The molecule has 0 saturated carbocycles. The molecule has 2 aliphatic heterocycles. The van der Waals surface area contributed by atoms with Crippen LogP contribution in [0.25, 0.3) is 10.9 Å². The lowest BCUT2D eigenvalue weighted by molar-refractivity contribution is -0.702. The highest BCUT2D eigenvalue weighted by Gasteiger charge is 2.38. The molecule has 1 aromatic carbocycles. The summed E-state index contributed by atoms with van der Waals surface area (Å²) in [5.74, 6) is -0.174. The third-order valence-corrected chi connectivity index (χ3v) is 8.52. The summed E-state index contributed by atoms with van der Waals surface area (Å²) in [7, 11) is 0. The SMILES string of the molecule is NC(=O)Cn1cc[n+](CC2c3[nH]c4ccc(Cl)cc4c3CCN2CC2CNCCN2c2ccc(Cl)c(C(F)(F)F)n2)c1. The Morgan fingerprint density at radius 1 is 1.19 bits per heavy atom. The Morgan fingerprint density at radius 3 is 2.81 bits per heavy atom. The van der Waals surface area contributed by atoms with Gasteiger partial charge in [-0.25, -0.2) is 14.1 Å². The number of halogens is 5. The maximum atomic E-state index is 13.6. The van der Waals surface area contributed by atoms with Crippen molar-refractivity contribution in [2.75, 3.05) is 37.6 Å². The average Bonchev–Trinajstić information content (AvgIpc) is 3.53. The smallest absolute Gasteiger partial charge is 0.366 e. The molecule has 2 atom stereocenters. The topological polar surface area (TPSA) is 99.1 Å². The van der Waals surface area contributed by atoms with Crippen LogP contribution in [0, 0.1) is 0 Å². The van der Waals surface area contributed by atoms with Crippen LogP contribution in [0.5, 0.6) is 0 Å². The molecule has 6 rings (SSSR count). The molecule has 222 valence electrons. The molecule has 14 heteroatoms. The monoisotopic (exact) mass is 621 g/mol. The average molecular weight is 623 g/mol. The van der Waals surface area contributed by atoms with Crippen molar-refractivity contribution in [2.45, 2.75) is 37.8 Å². The molecular weight excluding hydrogens is 592 g/mol. The number of benzene rings is 1. The van der Waals surface area contributed by atoms with Gasteiger partial charge in [-0.15, -0.1) is 0 Å². The molecule has 4 aromatic rings. The number of imidazole rings is 1. The molecular formula is C28H30Cl2F3N8O+. The number of nitrogens with zero attached hydrogens (tertiary/aromatic N) is 5. The normalized spacial score (nSPS) is 19.8. The minimum atomic E-state index is -4.65. The van der Waals surface area contributed by atoms with E-state index in [4.69, 9.17) is 28.9 Å². The number of anilines is 1. The first-order valence-electron chi connectivity index (χ1n) is 13.6. The fourth-order valence-electron chi connectivity index (χ4n) is 6.12. The van der Waals surface area contributed by atoms with Crippen LogP contribution in [0.4, 0.5) is 19.0 Å². The minimum absolute atomic E-state index is 0.0776. The van der Waals surface area contributed by atoms with E-state index in [9.17, 15) is 18.0 Å². The van der Waals surface area contributed by atoms with Gasteiger partial charge in [0, 0.05) is 54.3 Å². The van der Waals surface area contributed by atoms with Gasteiger partial charge in [0.15, 0.2) is 12.2 Å². The molecule has 0 radical (unpaired) electrons. The van der Waals surface area contributed by atoms with Crippen LogP contribution in [-0.4, -0.2) is 64.1 Å². The van der Waals surface area contributed by atoms with E-state index in [0.717, 1.165) is 29.6 Å². The van der Waals surface area contributed by atoms with Gasteiger partial charge in [0.25, 0.3) is 5.91 Å². The summed E-state index contributed by atoms with van der Waals surface area (Å²) >= 11 is 12.2. The van der Waals surface area contributed by atoms with Crippen LogP contribution in [0.15, 0.2) is 49.1 Å². The highest BCUT2D eigenvalue weighted by atomic mass is 35.5. The molecule has 4 N–H and O–H groups in total. The van der Waals surface area contributed by atoms with E-state index in [1.807, 2.05) is 40.2 Å². The van der Waals surface area contributed by atoms with E-state index in [0.29, 0.717) is 37.7 Å². The first kappa shape index (κ1) is 28.8. The van der Waals surface area contributed by atoms with Gasteiger partial charge in [-0.2, -0.15) is 13.2 Å². The number of amides is 1. The molecule has 1 fully saturated rings. The zero-order valence-electron chi connectivity index (χ0n) is 22.5. The fraction of sp³-hybridized carbons (Fsp3) is 0.393. The second-order valence-electron chi connectivity index (χ2n) is 10.8. The molecule has 1 saturated heterocycles. The number of fused-ring (bicyclic) bond motifs is 3. The maximum absolute atomic E-state index is 13.6. The predicted molar refractivity (Wildman–Crippen MR) is 153 cm³/mol. The lowest BCUT2D eigenvalue weighted by atomic mass is 9.96. The van der Waals surface area contributed by atoms with Crippen molar-refractivity contribution in [3.8, 4) is 0 Å². The molecule has 0 bridgehead atoms. The number of piperazine rings is 1. The van der Waals surface area contributed by atoms with Crippen molar-refractivity contribution in [2.24, 2.45) is 5.73 Å². The van der Waals surface area contributed by atoms with E-state index in [2.05, 4.69) is 20.2 Å². The molecule has 2 aliphatic rings. The van der Waals surface area contributed by atoms with Crippen LogP contribution in [-0.2, 0) is 30.5 Å². The van der Waals surface area contributed by atoms with Gasteiger partial charge in [0.2, 0.25) is 6.33 Å². The van der Waals surface area contributed by atoms with Gasteiger partial charge in [-0.1, -0.05) is 23.2 Å². The van der Waals surface area contributed by atoms with Crippen molar-refractivity contribution in [3.63, 3.8) is 0 Å². The third-order valence-electron chi connectivity index (χ3n) is 7.98. The van der Waals surface area contributed by atoms with Crippen molar-refractivity contribution >= 4 is 45.8 Å². The number of aromatic amines is 1. The highest BCUT2D eigenvalue weighted by molar-refractivity contribution is 6.31. The van der Waals surface area contributed by atoms with Crippen molar-refractivity contribution in [3.05, 3.63) is 76.0 Å². The Morgan fingerprint density at radius 2 is 2.02 bits per heavy atom. The summed E-state index contributed by atoms with van der Waals surface area (Å²) in [6.45, 7) is 3.71. The number of primary amides is 1. The van der Waals surface area contributed by atoms with Crippen LogP contribution in [0.1, 0.15) is 23.0 Å². The standard InChI is InChI=1S/C28H29Cl2F3N8O/c29-17-1-3-22-20(11-17)19-5-7-40(23(26(19)36-22)14-38-9-10-39(16-38)15-24(34)42)13-18-12-35-6-8-41(18)25-4-2-21(30)27(37-25)28(31,32)33/h1-4,9-11,16,18,23,35-36H,5-8,12-15H2,(H-,34,42)/p+1. The third kappa shape index (κ3) is 5.81. The van der Waals surface area contributed by atoms with Gasteiger partial charge < -0.3 is 20.9 Å². The zero-order chi connectivity index (χ0) is 29.6. The zero-order valence-corrected chi connectivity index (χ0v) is 24.1. The number of nitrogens with two attached hydrogens (primary N) is 1. The van der Waals surface area contributed by atoms with E-state index < -0.39 is 22.8 Å². The molecule has 0 spiro atoms. The van der Waals surface area contributed by atoms with Crippen molar-refractivity contribution in [1.29, 1.82) is 0 Å². The Hall–Kier alpha value is -3.32. The molecule has 42 heavy (non-hydrogen) atoms. The van der Waals surface area contributed by atoms with E-state index >= 15 is 0 Å². The Labute approximate surface area is 250 Å². The number of pyridine rings is 1. The first-order chi connectivity index (χ1) is 20.1.